The first-order valence-electron chi connectivity index (χ1n) is 5.49. The summed E-state index contributed by atoms with van der Waals surface area (Å²) in [5.74, 6) is 0.170. The van der Waals surface area contributed by atoms with Crippen molar-refractivity contribution in [3.05, 3.63) is 41.2 Å². The van der Waals surface area contributed by atoms with E-state index in [9.17, 15) is 9.18 Å². The van der Waals surface area contributed by atoms with Crippen molar-refractivity contribution in [1.82, 2.24) is 10.2 Å². The fraction of sp³-hybridized carbons (Fsp3) is 0.0833. The molecule has 1 aromatic carbocycles. The predicted octanol–water partition coefficient (Wildman–Crippen LogP) is 3.19. The maximum atomic E-state index is 13.0. The van der Waals surface area contributed by atoms with Gasteiger partial charge in [0, 0.05) is 5.69 Å². The Morgan fingerprint density at radius 3 is 2.55 bits per heavy atom. The van der Waals surface area contributed by atoms with Crippen LogP contribution in [0.1, 0.15) is 0 Å². The monoisotopic (exact) mass is 296 g/mol. The molecule has 0 radical (unpaired) electrons. The number of methoxy groups -OCH3 is 1. The molecule has 1 aromatic heterocycles. The number of anilines is 3. The van der Waals surface area contributed by atoms with Crippen molar-refractivity contribution in [2.45, 2.75) is 0 Å². The molecule has 0 aliphatic carbocycles. The van der Waals surface area contributed by atoms with Gasteiger partial charge in [-0.3, -0.25) is 5.32 Å². The van der Waals surface area contributed by atoms with Crippen LogP contribution in [0.15, 0.2) is 30.3 Å². The van der Waals surface area contributed by atoms with Crippen molar-refractivity contribution in [1.29, 1.82) is 0 Å². The van der Waals surface area contributed by atoms with Gasteiger partial charge in [0.05, 0.1) is 12.1 Å². The SMILES string of the molecule is COC(=O)Nc1ccc(Nc2ccc(F)c(Cl)c2)nn1. The van der Waals surface area contributed by atoms with Gasteiger partial charge in [0.15, 0.2) is 11.6 Å². The minimum Gasteiger partial charge on any atom is -0.453 e. The Morgan fingerprint density at radius 1 is 1.25 bits per heavy atom. The minimum atomic E-state index is -0.634. The van der Waals surface area contributed by atoms with Crippen LogP contribution in [0.5, 0.6) is 0 Å². The van der Waals surface area contributed by atoms with E-state index < -0.39 is 11.9 Å². The fourth-order valence-electron chi connectivity index (χ4n) is 1.34. The van der Waals surface area contributed by atoms with Crippen molar-refractivity contribution >= 4 is 35.0 Å². The Hall–Kier alpha value is -2.41. The number of carbonyl (C=O) groups excluding carboxylic acids is 1. The molecule has 0 saturated carbocycles. The predicted molar refractivity (Wildman–Crippen MR) is 72.8 cm³/mol. The molecule has 0 unspecified atom stereocenters. The van der Waals surface area contributed by atoms with Crippen molar-refractivity contribution in [2.24, 2.45) is 0 Å². The second-order valence-electron chi connectivity index (χ2n) is 3.67. The molecule has 2 N–H and O–H groups in total. The molecule has 0 aliphatic rings. The summed E-state index contributed by atoms with van der Waals surface area (Å²) in [7, 11) is 1.25. The van der Waals surface area contributed by atoms with Gasteiger partial charge in [-0.05, 0) is 30.3 Å². The van der Waals surface area contributed by atoms with Crippen LogP contribution in [0.2, 0.25) is 5.02 Å². The Balaban J connectivity index is 2.06. The average Bonchev–Trinajstić information content (AvgIpc) is 2.45. The van der Waals surface area contributed by atoms with E-state index in [1.807, 2.05) is 0 Å². The van der Waals surface area contributed by atoms with Gasteiger partial charge in [0.2, 0.25) is 0 Å². The van der Waals surface area contributed by atoms with E-state index in [0.29, 0.717) is 11.5 Å². The average molecular weight is 297 g/mol. The first-order valence-corrected chi connectivity index (χ1v) is 5.87. The van der Waals surface area contributed by atoms with E-state index >= 15 is 0 Å². The summed E-state index contributed by atoms with van der Waals surface area (Å²) >= 11 is 5.67. The lowest BCUT2D eigenvalue weighted by atomic mass is 10.3. The van der Waals surface area contributed by atoms with Gasteiger partial charge in [-0.25, -0.2) is 9.18 Å². The molecular formula is C12H10ClFN4O2. The zero-order valence-electron chi connectivity index (χ0n) is 10.4. The number of rotatable bonds is 3. The normalized spacial score (nSPS) is 9.95. The highest BCUT2D eigenvalue weighted by atomic mass is 35.5. The summed E-state index contributed by atoms with van der Waals surface area (Å²) in [4.78, 5) is 11.0. The maximum absolute atomic E-state index is 13.0. The minimum absolute atomic E-state index is 0.00642. The highest BCUT2D eigenvalue weighted by molar-refractivity contribution is 6.31. The van der Waals surface area contributed by atoms with Crippen LogP contribution in [0.25, 0.3) is 0 Å². The topological polar surface area (TPSA) is 76.1 Å². The molecule has 1 amide bonds. The van der Waals surface area contributed by atoms with Gasteiger partial charge in [-0.15, -0.1) is 10.2 Å². The molecule has 104 valence electrons. The van der Waals surface area contributed by atoms with E-state index in [2.05, 4.69) is 25.6 Å². The van der Waals surface area contributed by atoms with E-state index in [1.54, 1.807) is 6.07 Å². The number of benzene rings is 1. The van der Waals surface area contributed by atoms with Crippen molar-refractivity contribution < 1.29 is 13.9 Å². The van der Waals surface area contributed by atoms with Crippen LogP contribution >= 0.6 is 11.6 Å². The quantitative estimate of drug-likeness (QED) is 0.909. The largest absolute Gasteiger partial charge is 0.453 e. The molecule has 0 spiro atoms. The Kier molecular flexibility index (Phi) is 4.31. The molecular weight excluding hydrogens is 287 g/mol. The van der Waals surface area contributed by atoms with Crippen LogP contribution < -0.4 is 10.6 Å². The third-order valence-electron chi connectivity index (χ3n) is 2.27. The molecule has 0 aliphatic heterocycles. The lowest BCUT2D eigenvalue weighted by Crippen LogP contribution is -2.12. The summed E-state index contributed by atoms with van der Waals surface area (Å²) in [6, 6.07) is 7.32. The molecule has 2 aromatic rings. The Bertz CT molecular complexity index is 621. The van der Waals surface area contributed by atoms with Gasteiger partial charge < -0.3 is 10.1 Å². The van der Waals surface area contributed by atoms with Crippen LogP contribution in [0.3, 0.4) is 0 Å². The van der Waals surface area contributed by atoms with Gasteiger partial charge in [-0.1, -0.05) is 11.6 Å². The number of ether oxygens (including phenoxy) is 1. The van der Waals surface area contributed by atoms with Crippen LogP contribution in [0.4, 0.5) is 26.5 Å². The summed E-state index contributed by atoms with van der Waals surface area (Å²) in [5.41, 5.74) is 0.569. The molecule has 0 fully saturated rings. The molecule has 0 bridgehead atoms. The van der Waals surface area contributed by atoms with E-state index in [4.69, 9.17) is 11.6 Å². The zero-order chi connectivity index (χ0) is 14.5. The number of hydrogen-bond acceptors (Lipinski definition) is 5. The Morgan fingerprint density at radius 2 is 1.95 bits per heavy atom. The first kappa shape index (κ1) is 14.0. The van der Waals surface area contributed by atoms with Gasteiger partial charge in [0.1, 0.15) is 5.82 Å². The van der Waals surface area contributed by atoms with E-state index in [0.717, 1.165) is 0 Å². The smallest absolute Gasteiger partial charge is 0.412 e. The number of hydrogen-bond donors (Lipinski definition) is 2. The third-order valence-corrected chi connectivity index (χ3v) is 2.56. The standard InChI is InChI=1S/C12H10ClFN4O2/c1-20-12(19)16-11-5-4-10(17-18-11)15-7-2-3-9(14)8(13)6-7/h2-6H,1H3,(H,15,17)(H,16,18,19). The molecule has 6 nitrogen and oxygen atoms in total. The molecule has 1 heterocycles. The highest BCUT2D eigenvalue weighted by Crippen LogP contribution is 2.21. The summed E-state index contributed by atoms with van der Waals surface area (Å²) in [6.45, 7) is 0. The van der Waals surface area contributed by atoms with Gasteiger partial charge in [0.25, 0.3) is 0 Å². The lowest BCUT2D eigenvalue weighted by Gasteiger charge is -2.06. The molecule has 0 atom stereocenters. The van der Waals surface area contributed by atoms with Crippen LogP contribution in [0, 0.1) is 5.82 Å². The summed E-state index contributed by atoms with van der Waals surface area (Å²) in [5, 5.41) is 12.9. The van der Waals surface area contributed by atoms with E-state index in [1.165, 1.54) is 31.4 Å². The highest BCUT2D eigenvalue weighted by Gasteiger charge is 2.04. The number of carbonyl (C=O) groups is 1. The molecule has 20 heavy (non-hydrogen) atoms. The summed E-state index contributed by atoms with van der Waals surface area (Å²) in [6.07, 6.45) is -0.634. The Labute approximate surface area is 118 Å². The van der Waals surface area contributed by atoms with Crippen molar-refractivity contribution in [3.63, 3.8) is 0 Å². The van der Waals surface area contributed by atoms with Crippen molar-refractivity contribution in [2.75, 3.05) is 17.7 Å². The van der Waals surface area contributed by atoms with Crippen molar-refractivity contribution in [3.8, 4) is 0 Å². The zero-order valence-corrected chi connectivity index (χ0v) is 11.1. The van der Waals surface area contributed by atoms with E-state index in [-0.39, 0.29) is 10.8 Å². The fourth-order valence-corrected chi connectivity index (χ4v) is 1.52. The second-order valence-corrected chi connectivity index (χ2v) is 4.08. The first-order chi connectivity index (χ1) is 9.58. The number of amides is 1. The number of halogens is 2. The van der Waals surface area contributed by atoms with Gasteiger partial charge >= 0.3 is 6.09 Å². The number of aromatic nitrogens is 2. The van der Waals surface area contributed by atoms with Crippen LogP contribution in [-0.2, 0) is 4.74 Å². The number of nitrogens with zero attached hydrogens (tertiary/aromatic N) is 2. The van der Waals surface area contributed by atoms with Crippen LogP contribution in [-0.4, -0.2) is 23.4 Å². The second kappa shape index (κ2) is 6.16. The van der Waals surface area contributed by atoms with Gasteiger partial charge in [-0.2, -0.15) is 0 Å². The molecule has 0 saturated heterocycles. The third kappa shape index (κ3) is 3.55. The molecule has 8 heteroatoms. The maximum Gasteiger partial charge on any atom is 0.412 e. The summed E-state index contributed by atoms with van der Waals surface area (Å²) < 4.78 is 17.4. The molecule has 2 rings (SSSR count). The lowest BCUT2D eigenvalue weighted by molar-refractivity contribution is 0.187. The number of nitrogens with one attached hydrogen (secondary N) is 2.